The summed E-state index contributed by atoms with van der Waals surface area (Å²) < 4.78 is 25.0. The summed E-state index contributed by atoms with van der Waals surface area (Å²) in [5.41, 5.74) is -3.15. The highest BCUT2D eigenvalue weighted by atomic mass is 16.7. The number of hydrogen-bond donors (Lipinski definition) is 5. The molecule has 0 spiro atoms. The molecule has 3 aliphatic heterocycles. The van der Waals surface area contributed by atoms with Crippen LogP contribution in [0.2, 0.25) is 0 Å². The van der Waals surface area contributed by atoms with E-state index in [2.05, 4.69) is 5.32 Å². The lowest BCUT2D eigenvalue weighted by Crippen LogP contribution is -2.62. The molecular weight excluding hydrogens is 598 g/mol. The number of likely N-dealkylation sites (N-methyl/N-ethyl adjacent to an activating group) is 1. The lowest BCUT2D eigenvalue weighted by molar-refractivity contribution is -0.286. The fourth-order valence-electron chi connectivity index (χ4n) is 7.70. The number of hydrogen-bond acceptors (Lipinski definition) is 11. The van der Waals surface area contributed by atoms with Crippen LogP contribution in [-0.2, 0) is 23.7 Å². The summed E-state index contributed by atoms with van der Waals surface area (Å²) in [5, 5.41) is 49.5. The Kier molecular flexibility index (Phi) is 12.2. The Morgan fingerprint density at radius 3 is 2.28 bits per heavy atom. The van der Waals surface area contributed by atoms with Gasteiger partial charge in [-0.3, -0.25) is 4.79 Å². The van der Waals surface area contributed by atoms with Crippen molar-refractivity contribution in [3.63, 3.8) is 0 Å². The van der Waals surface area contributed by atoms with Gasteiger partial charge in [-0.1, -0.05) is 20.8 Å². The number of nitrogens with one attached hydrogen (secondary N) is 1. The van der Waals surface area contributed by atoms with Gasteiger partial charge in [0.15, 0.2) is 12.1 Å². The van der Waals surface area contributed by atoms with Gasteiger partial charge in [0.05, 0.1) is 23.9 Å². The molecular formula is C33H61N3O10. The minimum atomic E-state index is -2.06. The minimum absolute atomic E-state index is 0.157. The molecule has 3 aliphatic rings. The maximum absolute atomic E-state index is 13.7. The highest BCUT2D eigenvalue weighted by molar-refractivity contribution is 5.75. The maximum atomic E-state index is 13.7. The van der Waals surface area contributed by atoms with Crippen LogP contribution >= 0.6 is 0 Å². The molecule has 3 rings (SSSR count). The molecule has 3 heterocycles. The second-order valence-corrected chi connectivity index (χ2v) is 15.1. The summed E-state index contributed by atoms with van der Waals surface area (Å²) >= 11 is 0. The molecule has 0 saturated carbocycles. The predicted octanol–water partition coefficient (Wildman–Crippen LogP) is 1.83. The van der Waals surface area contributed by atoms with E-state index < -0.39 is 77.6 Å². The topological polar surface area (TPSA) is 170 Å². The first-order valence-electron chi connectivity index (χ1n) is 16.9. The lowest BCUT2D eigenvalue weighted by atomic mass is 9.80. The van der Waals surface area contributed by atoms with Crippen molar-refractivity contribution >= 4 is 12.0 Å². The number of esters is 1. The summed E-state index contributed by atoms with van der Waals surface area (Å²) in [6.45, 7) is 17.4. The first-order chi connectivity index (χ1) is 21.1. The summed E-state index contributed by atoms with van der Waals surface area (Å²) in [6, 6.07) is -1.72. The van der Waals surface area contributed by atoms with Gasteiger partial charge in [-0.15, -0.1) is 0 Å². The van der Waals surface area contributed by atoms with E-state index in [-0.39, 0.29) is 43.5 Å². The standard InChI is InChI=1S/C33H61N3O10/c1-13-24-32(10,41)26(38)22(8)36(30(40)34-17(2)3)16-18(4)15-31(9)27(20(6)33(42,46-31)21(7)28(39)44-24)45-29-25(37)23(35(11)12)14-19(5)43-29/h17-27,29,37-38,41-42H,13-16H2,1-12H3,(H,34,40)/t18-,19-,20-,21+,22-,23+,24-,25-,26-,27-,29+,31?,32-,33?/m1/s1. The van der Waals surface area contributed by atoms with Crippen molar-refractivity contribution in [2.45, 2.75) is 160 Å². The molecule has 14 atom stereocenters. The van der Waals surface area contributed by atoms with Crippen LogP contribution in [-0.4, -0.2) is 135 Å². The van der Waals surface area contributed by atoms with Crippen LogP contribution in [0.25, 0.3) is 0 Å². The van der Waals surface area contributed by atoms with E-state index in [0.29, 0.717) is 6.42 Å². The van der Waals surface area contributed by atoms with Crippen LogP contribution in [0.3, 0.4) is 0 Å². The van der Waals surface area contributed by atoms with Gasteiger partial charge in [0.1, 0.15) is 29.8 Å². The average Bonchev–Trinajstić information content (AvgIpc) is 3.13. The third kappa shape index (κ3) is 7.67. The zero-order valence-electron chi connectivity index (χ0n) is 29.9. The van der Waals surface area contributed by atoms with Gasteiger partial charge in [0.2, 0.25) is 0 Å². The number of aliphatic hydroxyl groups is 4. The Bertz CT molecular complexity index is 1060. The maximum Gasteiger partial charge on any atom is 0.317 e. The number of cyclic esters (lactones) is 1. The molecule has 0 aromatic heterocycles. The number of urea groups is 1. The van der Waals surface area contributed by atoms with E-state index >= 15 is 0 Å². The molecule has 2 bridgehead atoms. The zero-order chi connectivity index (χ0) is 35.1. The van der Waals surface area contributed by atoms with Crippen molar-refractivity contribution in [2.75, 3.05) is 20.6 Å². The molecule has 2 unspecified atom stereocenters. The largest absolute Gasteiger partial charge is 0.459 e. The number of ether oxygens (including phenoxy) is 4. The third-order valence-electron chi connectivity index (χ3n) is 10.4. The molecule has 2 amide bonds. The number of amides is 2. The number of carbonyl (C=O) groups excluding carboxylic acids is 2. The molecule has 0 aromatic rings. The predicted molar refractivity (Wildman–Crippen MR) is 170 cm³/mol. The minimum Gasteiger partial charge on any atom is -0.459 e. The van der Waals surface area contributed by atoms with Gasteiger partial charge in [-0.25, -0.2) is 4.79 Å². The molecule has 3 saturated heterocycles. The Balaban J connectivity index is 2.11. The fraction of sp³-hybridized carbons (Fsp3) is 0.939. The van der Waals surface area contributed by atoms with Crippen molar-refractivity contribution in [3.8, 4) is 0 Å². The number of carbonyl (C=O) groups is 2. The van der Waals surface area contributed by atoms with Crippen molar-refractivity contribution in [3.05, 3.63) is 0 Å². The Morgan fingerprint density at radius 1 is 1.13 bits per heavy atom. The first kappa shape index (κ1) is 38.9. The quantitative estimate of drug-likeness (QED) is 0.273. The third-order valence-corrected chi connectivity index (χ3v) is 10.4. The summed E-state index contributed by atoms with van der Waals surface area (Å²) in [6.07, 6.45) is -4.69. The molecule has 0 aliphatic carbocycles. The molecule has 13 heteroatoms. The van der Waals surface area contributed by atoms with E-state index in [1.165, 1.54) is 18.7 Å². The molecule has 13 nitrogen and oxygen atoms in total. The second kappa shape index (κ2) is 14.5. The van der Waals surface area contributed by atoms with Crippen molar-refractivity contribution < 1.29 is 49.0 Å². The van der Waals surface area contributed by atoms with Gasteiger partial charge >= 0.3 is 12.0 Å². The molecule has 268 valence electrons. The van der Waals surface area contributed by atoms with E-state index in [9.17, 15) is 30.0 Å². The Labute approximate surface area is 274 Å². The van der Waals surface area contributed by atoms with E-state index in [1.54, 1.807) is 27.7 Å². The van der Waals surface area contributed by atoms with Gasteiger partial charge in [-0.2, -0.15) is 0 Å². The summed E-state index contributed by atoms with van der Waals surface area (Å²) in [4.78, 5) is 30.6. The van der Waals surface area contributed by atoms with Crippen LogP contribution in [0, 0.1) is 17.8 Å². The van der Waals surface area contributed by atoms with Crippen LogP contribution in [0.15, 0.2) is 0 Å². The monoisotopic (exact) mass is 659 g/mol. The second-order valence-electron chi connectivity index (χ2n) is 15.1. The summed E-state index contributed by atoms with van der Waals surface area (Å²) in [5.74, 6) is -5.17. The van der Waals surface area contributed by atoms with E-state index in [1.807, 2.05) is 46.7 Å². The van der Waals surface area contributed by atoms with Crippen molar-refractivity contribution in [1.29, 1.82) is 0 Å². The van der Waals surface area contributed by atoms with Crippen LogP contribution in [0.1, 0.15) is 88.5 Å². The first-order valence-corrected chi connectivity index (χ1v) is 16.9. The normalized spacial score (nSPS) is 46.3. The van der Waals surface area contributed by atoms with Crippen LogP contribution < -0.4 is 5.32 Å². The average molecular weight is 660 g/mol. The Morgan fingerprint density at radius 2 is 1.74 bits per heavy atom. The molecule has 0 aromatic carbocycles. The lowest BCUT2D eigenvalue weighted by Gasteiger charge is -2.45. The number of fused-ring (bicyclic) bond motifs is 2. The van der Waals surface area contributed by atoms with E-state index in [4.69, 9.17) is 18.9 Å². The van der Waals surface area contributed by atoms with Crippen LogP contribution in [0.5, 0.6) is 0 Å². The van der Waals surface area contributed by atoms with Gasteiger partial charge in [-0.05, 0) is 87.7 Å². The number of rotatable bonds is 5. The Hall–Kier alpha value is -1.58. The van der Waals surface area contributed by atoms with E-state index in [0.717, 1.165) is 0 Å². The number of nitrogens with zero attached hydrogens (tertiary/aromatic N) is 2. The summed E-state index contributed by atoms with van der Waals surface area (Å²) in [7, 11) is 3.77. The number of aliphatic hydroxyl groups excluding tert-OH is 2. The highest BCUT2D eigenvalue weighted by Gasteiger charge is 2.64. The molecule has 5 N–H and O–H groups in total. The van der Waals surface area contributed by atoms with Crippen LogP contribution in [0.4, 0.5) is 4.79 Å². The SMILES string of the molecule is CC[C@H]1OC(=O)[C@H](C)C2(O)OC(C)(C[C@@H](C)CN(C(=O)NC(C)C)[C@H](C)[C@@H](O)[C@]1(C)O)[C@H](O[C@@H]1O[C@H](C)C[C@H](N(C)C)[C@H]1O)[C@H]2C. The zero-order valence-corrected chi connectivity index (χ0v) is 29.9. The van der Waals surface area contributed by atoms with Crippen molar-refractivity contribution in [1.82, 2.24) is 15.1 Å². The molecule has 46 heavy (non-hydrogen) atoms. The van der Waals surface area contributed by atoms with Crippen molar-refractivity contribution in [2.24, 2.45) is 17.8 Å². The fourth-order valence-corrected chi connectivity index (χ4v) is 7.70. The highest BCUT2D eigenvalue weighted by Crippen LogP contribution is 2.50. The van der Waals surface area contributed by atoms with Gasteiger partial charge < -0.3 is 54.5 Å². The van der Waals surface area contributed by atoms with Gasteiger partial charge in [0, 0.05) is 24.5 Å². The molecule has 3 fully saturated rings. The van der Waals surface area contributed by atoms with Gasteiger partial charge in [0.25, 0.3) is 0 Å². The smallest absolute Gasteiger partial charge is 0.317 e. The molecule has 0 radical (unpaired) electrons.